The van der Waals surface area contributed by atoms with Gasteiger partial charge in [0, 0.05) is 7.11 Å². The van der Waals surface area contributed by atoms with Gasteiger partial charge in [-0.2, -0.15) is 0 Å². The number of ether oxygens (including phenoxy) is 2. The molecule has 4 heteroatoms. The molecular formula is C12H19FO2Si. The second kappa shape index (κ2) is 5.57. The topological polar surface area (TPSA) is 18.5 Å². The fourth-order valence-electron chi connectivity index (χ4n) is 1.65. The fraction of sp³-hybridized carbons (Fsp3) is 0.500. The van der Waals surface area contributed by atoms with Crippen molar-refractivity contribution in [1.82, 2.24) is 0 Å². The van der Waals surface area contributed by atoms with Gasteiger partial charge in [-0.25, -0.2) is 4.39 Å². The maximum absolute atomic E-state index is 13.2. The Labute approximate surface area is 97.4 Å². The van der Waals surface area contributed by atoms with Gasteiger partial charge in [-0.15, -0.1) is 0 Å². The standard InChI is InChI=1S/C12H19FO2Si/c1-14-9-15-12(16(2,3)4)10-6-5-7-11(13)8-10/h5-8,12H,9H2,1-4H3. The summed E-state index contributed by atoms with van der Waals surface area (Å²) in [6.07, 6.45) is 0. The Bertz CT molecular complexity index is 336. The summed E-state index contributed by atoms with van der Waals surface area (Å²) in [6, 6.07) is 6.61. The summed E-state index contributed by atoms with van der Waals surface area (Å²) in [6.45, 7) is 6.82. The molecule has 1 aromatic carbocycles. The van der Waals surface area contributed by atoms with Gasteiger partial charge in [0.05, 0.1) is 13.8 Å². The van der Waals surface area contributed by atoms with Crippen molar-refractivity contribution < 1.29 is 13.9 Å². The van der Waals surface area contributed by atoms with Crippen molar-refractivity contribution in [1.29, 1.82) is 0 Å². The maximum Gasteiger partial charge on any atom is 0.146 e. The highest BCUT2D eigenvalue weighted by Gasteiger charge is 2.29. The van der Waals surface area contributed by atoms with Crippen LogP contribution >= 0.6 is 0 Å². The minimum Gasteiger partial charge on any atom is -0.359 e. The lowest BCUT2D eigenvalue weighted by molar-refractivity contribution is -0.0492. The highest BCUT2D eigenvalue weighted by molar-refractivity contribution is 6.77. The van der Waals surface area contributed by atoms with E-state index in [0.29, 0.717) is 0 Å². The van der Waals surface area contributed by atoms with Crippen molar-refractivity contribution >= 4 is 8.07 Å². The summed E-state index contributed by atoms with van der Waals surface area (Å²) < 4.78 is 23.8. The SMILES string of the molecule is COCOC(c1cccc(F)c1)[Si](C)(C)C. The van der Waals surface area contributed by atoms with Gasteiger partial charge >= 0.3 is 0 Å². The average Bonchev–Trinajstić information content (AvgIpc) is 2.16. The molecule has 0 amide bonds. The summed E-state index contributed by atoms with van der Waals surface area (Å²) in [5.41, 5.74) is 0.861. The van der Waals surface area contributed by atoms with Gasteiger partial charge in [0.15, 0.2) is 0 Å². The fourth-order valence-corrected chi connectivity index (χ4v) is 3.40. The smallest absolute Gasteiger partial charge is 0.146 e. The quantitative estimate of drug-likeness (QED) is 0.582. The van der Waals surface area contributed by atoms with E-state index in [2.05, 4.69) is 19.6 Å². The lowest BCUT2D eigenvalue weighted by Gasteiger charge is -2.29. The Morgan fingerprint density at radius 1 is 1.31 bits per heavy atom. The van der Waals surface area contributed by atoms with Gasteiger partial charge < -0.3 is 9.47 Å². The van der Waals surface area contributed by atoms with Gasteiger partial charge in [0.25, 0.3) is 0 Å². The molecule has 0 bridgehead atoms. The third-order valence-electron chi connectivity index (χ3n) is 2.29. The molecule has 0 spiro atoms. The van der Waals surface area contributed by atoms with Crippen LogP contribution in [0.4, 0.5) is 4.39 Å². The molecule has 0 N–H and O–H groups in total. The van der Waals surface area contributed by atoms with E-state index >= 15 is 0 Å². The molecule has 0 aliphatic carbocycles. The molecule has 0 fully saturated rings. The third kappa shape index (κ3) is 3.70. The monoisotopic (exact) mass is 242 g/mol. The highest BCUT2D eigenvalue weighted by atomic mass is 28.3. The molecule has 1 rings (SSSR count). The van der Waals surface area contributed by atoms with Gasteiger partial charge in [0.1, 0.15) is 12.6 Å². The largest absolute Gasteiger partial charge is 0.359 e. The van der Waals surface area contributed by atoms with Gasteiger partial charge in [-0.3, -0.25) is 0 Å². The number of rotatable bonds is 5. The van der Waals surface area contributed by atoms with Crippen LogP contribution in [-0.2, 0) is 9.47 Å². The summed E-state index contributed by atoms with van der Waals surface area (Å²) >= 11 is 0. The van der Waals surface area contributed by atoms with Crippen molar-refractivity contribution in [2.45, 2.75) is 25.4 Å². The first-order valence-corrected chi connectivity index (χ1v) is 8.89. The van der Waals surface area contributed by atoms with E-state index in [1.165, 1.54) is 6.07 Å². The predicted molar refractivity (Wildman–Crippen MR) is 65.4 cm³/mol. The third-order valence-corrected chi connectivity index (χ3v) is 4.36. The minimum atomic E-state index is -1.56. The van der Waals surface area contributed by atoms with E-state index in [-0.39, 0.29) is 18.3 Å². The molecule has 16 heavy (non-hydrogen) atoms. The number of benzene rings is 1. The Hall–Kier alpha value is -0.713. The van der Waals surface area contributed by atoms with E-state index in [9.17, 15) is 4.39 Å². The van der Waals surface area contributed by atoms with Gasteiger partial charge in [-0.1, -0.05) is 31.8 Å². The molecule has 1 aromatic rings. The highest BCUT2D eigenvalue weighted by Crippen LogP contribution is 2.28. The zero-order valence-corrected chi connectivity index (χ0v) is 11.3. The Balaban J connectivity index is 2.92. The Morgan fingerprint density at radius 2 is 2.00 bits per heavy atom. The number of methoxy groups -OCH3 is 1. The van der Waals surface area contributed by atoms with E-state index in [0.717, 1.165) is 5.56 Å². The molecule has 0 saturated heterocycles. The maximum atomic E-state index is 13.2. The zero-order chi connectivity index (χ0) is 12.2. The van der Waals surface area contributed by atoms with Crippen LogP contribution in [0, 0.1) is 5.82 Å². The molecular weight excluding hydrogens is 223 g/mol. The summed E-state index contributed by atoms with van der Waals surface area (Å²) in [7, 11) is 0.0336. The Morgan fingerprint density at radius 3 is 2.50 bits per heavy atom. The summed E-state index contributed by atoms with van der Waals surface area (Å²) in [4.78, 5) is 0. The molecule has 0 aromatic heterocycles. The van der Waals surface area contributed by atoms with Crippen LogP contribution in [0.1, 0.15) is 11.3 Å². The van der Waals surface area contributed by atoms with Crippen LogP contribution in [-0.4, -0.2) is 22.0 Å². The predicted octanol–water partition coefficient (Wildman–Crippen LogP) is 3.36. The minimum absolute atomic E-state index is 0.0388. The van der Waals surface area contributed by atoms with Gasteiger partial charge in [-0.05, 0) is 17.7 Å². The lowest BCUT2D eigenvalue weighted by Crippen LogP contribution is -2.33. The number of hydrogen-bond donors (Lipinski definition) is 0. The van der Waals surface area contributed by atoms with E-state index in [4.69, 9.17) is 9.47 Å². The second-order valence-electron chi connectivity index (χ2n) is 4.87. The number of hydrogen-bond acceptors (Lipinski definition) is 2. The molecule has 0 aliphatic heterocycles. The van der Waals surface area contributed by atoms with Gasteiger partial charge in [0.2, 0.25) is 0 Å². The van der Waals surface area contributed by atoms with E-state index in [1.807, 2.05) is 6.07 Å². The first kappa shape index (κ1) is 13.4. The molecule has 90 valence electrons. The zero-order valence-electron chi connectivity index (χ0n) is 10.3. The van der Waals surface area contributed by atoms with Crippen LogP contribution in [0.3, 0.4) is 0 Å². The van der Waals surface area contributed by atoms with Crippen LogP contribution in [0.25, 0.3) is 0 Å². The summed E-state index contributed by atoms with van der Waals surface area (Å²) in [5, 5.41) is 0. The summed E-state index contributed by atoms with van der Waals surface area (Å²) in [5.74, 6) is -0.221. The number of halogens is 1. The van der Waals surface area contributed by atoms with Crippen LogP contribution in [0.15, 0.2) is 24.3 Å². The van der Waals surface area contributed by atoms with Crippen molar-refractivity contribution in [3.05, 3.63) is 35.6 Å². The van der Waals surface area contributed by atoms with Crippen molar-refractivity contribution in [3.63, 3.8) is 0 Å². The van der Waals surface area contributed by atoms with Crippen molar-refractivity contribution in [3.8, 4) is 0 Å². The normalized spacial score (nSPS) is 13.8. The molecule has 0 saturated carbocycles. The lowest BCUT2D eigenvalue weighted by atomic mass is 10.2. The van der Waals surface area contributed by atoms with Crippen molar-refractivity contribution in [2.24, 2.45) is 0 Å². The second-order valence-corrected chi connectivity index (χ2v) is 10.1. The molecule has 1 atom stereocenters. The molecule has 0 aliphatic rings. The Kier molecular flexibility index (Phi) is 4.65. The first-order chi connectivity index (χ1) is 7.45. The van der Waals surface area contributed by atoms with E-state index < -0.39 is 8.07 Å². The van der Waals surface area contributed by atoms with E-state index in [1.54, 1.807) is 19.2 Å². The van der Waals surface area contributed by atoms with Crippen LogP contribution < -0.4 is 0 Å². The van der Waals surface area contributed by atoms with Crippen LogP contribution in [0.2, 0.25) is 19.6 Å². The average molecular weight is 242 g/mol. The van der Waals surface area contributed by atoms with Crippen molar-refractivity contribution in [2.75, 3.05) is 13.9 Å². The first-order valence-electron chi connectivity index (χ1n) is 5.31. The molecule has 0 radical (unpaired) electrons. The molecule has 2 nitrogen and oxygen atoms in total. The van der Waals surface area contributed by atoms with Crippen LogP contribution in [0.5, 0.6) is 0 Å². The molecule has 1 unspecified atom stereocenters. The molecule has 0 heterocycles.